The van der Waals surface area contributed by atoms with Gasteiger partial charge in [-0.2, -0.15) is 0 Å². The summed E-state index contributed by atoms with van der Waals surface area (Å²) in [5.74, 6) is 1.10. The normalized spacial score (nSPS) is 22.9. The highest BCUT2D eigenvalue weighted by molar-refractivity contribution is 5.51. The Kier molecular flexibility index (Phi) is 3.29. The third kappa shape index (κ3) is 1.93. The third-order valence-electron chi connectivity index (χ3n) is 4.57. The molecule has 1 aromatic rings. The summed E-state index contributed by atoms with van der Waals surface area (Å²) in [6.45, 7) is 3.44. The molecule has 1 unspecified atom stereocenters. The predicted octanol–water partition coefficient (Wildman–Crippen LogP) is 3.31. The van der Waals surface area contributed by atoms with E-state index >= 15 is 0 Å². The molecule has 98 valence electrons. The molecule has 0 saturated carbocycles. The van der Waals surface area contributed by atoms with E-state index < -0.39 is 0 Å². The van der Waals surface area contributed by atoms with Crippen molar-refractivity contribution in [3.63, 3.8) is 0 Å². The molecule has 1 aliphatic carbocycles. The summed E-state index contributed by atoms with van der Waals surface area (Å²) in [5, 5.41) is 3.62. The number of fused-ring (bicyclic) bond motifs is 1. The van der Waals surface area contributed by atoms with Gasteiger partial charge in [0, 0.05) is 11.6 Å². The number of hydrogen-bond acceptors (Lipinski definition) is 2. The molecule has 1 aromatic carbocycles. The van der Waals surface area contributed by atoms with Crippen LogP contribution < -0.4 is 10.1 Å². The minimum absolute atomic E-state index is 0.507. The topological polar surface area (TPSA) is 21.3 Å². The number of hydrogen-bond donors (Lipinski definition) is 1. The van der Waals surface area contributed by atoms with Crippen LogP contribution in [0.2, 0.25) is 0 Å². The number of rotatable bonds is 2. The van der Waals surface area contributed by atoms with Crippen molar-refractivity contribution in [1.82, 2.24) is 5.32 Å². The van der Waals surface area contributed by atoms with E-state index in [9.17, 15) is 0 Å². The van der Waals surface area contributed by atoms with E-state index in [1.54, 1.807) is 5.56 Å². The lowest BCUT2D eigenvalue weighted by Crippen LogP contribution is -2.17. The highest BCUT2D eigenvalue weighted by atomic mass is 16.5. The number of nitrogens with one attached hydrogen (secondary N) is 1. The molecule has 18 heavy (non-hydrogen) atoms. The fraction of sp³-hybridized carbons (Fsp3) is 0.625. The zero-order valence-corrected chi connectivity index (χ0v) is 11.5. The van der Waals surface area contributed by atoms with Gasteiger partial charge in [0.05, 0.1) is 7.11 Å². The third-order valence-corrected chi connectivity index (χ3v) is 4.57. The summed E-state index contributed by atoms with van der Waals surface area (Å²) in [6, 6.07) is 2.81. The number of methoxy groups -OCH3 is 1. The van der Waals surface area contributed by atoms with Crippen LogP contribution in [0.15, 0.2) is 6.07 Å². The molecule has 2 heteroatoms. The van der Waals surface area contributed by atoms with Gasteiger partial charge in [-0.15, -0.1) is 0 Å². The first kappa shape index (κ1) is 12.0. The van der Waals surface area contributed by atoms with Crippen LogP contribution >= 0.6 is 0 Å². The number of benzene rings is 1. The lowest BCUT2D eigenvalue weighted by molar-refractivity contribution is 0.401. The first-order valence-electron chi connectivity index (χ1n) is 7.24. The molecule has 3 rings (SSSR count). The van der Waals surface area contributed by atoms with E-state index in [0.717, 1.165) is 12.3 Å². The lowest BCUT2D eigenvalue weighted by Gasteiger charge is -2.25. The maximum Gasteiger partial charge on any atom is 0.124 e. The van der Waals surface area contributed by atoms with Gasteiger partial charge in [0.15, 0.2) is 0 Å². The second-order valence-electron chi connectivity index (χ2n) is 5.61. The Balaban J connectivity index is 2.10. The Bertz CT molecular complexity index is 447. The van der Waals surface area contributed by atoms with Gasteiger partial charge in [-0.1, -0.05) is 0 Å². The first-order valence-corrected chi connectivity index (χ1v) is 7.24. The van der Waals surface area contributed by atoms with Crippen LogP contribution in [0, 0.1) is 6.92 Å². The average Bonchev–Trinajstić information content (AvgIpc) is 2.92. The maximum absolute atomic E-state index is 5.66. The number of aryl methyl sites for hydroxylation is 1. The smallest absolute Gasteiger partial charge is 0.124 e. The van der Waals surface area contributed by atoms with Crippen molar-refractivity contribution in [3.05, 3.63) is 28.3 Å². The SMILES string of the molecule is COc1cc2c(c(C)c1C1CCCN1)CCCC2. The molecule has 1 heterocycles. The van der Waals surface area contributed by atoms with Crippen molar-refractivity contribution in [1.29, 1.82) is 0 Å². The second-order valence-corrected chi connectivity index (χ2v) is 5.61. The molecule has 1 saturated heterocycles. The van der Waals surface area contributed by atoms with Crippen LogP contribution in [0.5, 0.6) is 5.75 Å². The van der Waals surface area contributed by atoms with Crippen molar-refractivity contribution in [2.24, 2.45) is 0 Å². The minimum Gasteiger partial charge on any atom is -0.496 e. The standard InChI is InChI=1S/C16H23NO/c1-11-13-7-4-3-6-12(13)10-15(18-2)16(11)14-8-5-9-17-14/h10,14,17H,3-9H2,1-2H3. The van der Waals surface area contributed by atoms with E-state index in [0.29, 0.717) is 6.04 Å². The van der Waals surface area contributed by atoms with Crippen molar-refractivity contribution in [2.45, 2.75) is 51.5 Å². The highest BCUT2D eigenvalue weighted by Crippen LogP contribution is 2.39. The van der Waals surface area contributed by atoms with Gasteiger partial charge in [-0.25, -0.2) is 0 Å². The van der Waals surface area contributed by atoms with Gasteiger partial charge >= 0.3 is 0 Å². The average molecular weight is 245 g/mol. The summed E-state index contributed by atoms with van der Waals surface area (Å²) in [5.41, 5.74) is 6.04. The Morgan fingerprint density at radius 2 is 2.06 bits per heavy atom. The van der Waals surface area contributed by atoms with Crippen LogP contribution in [0.4, 0.5) is 0 Å². The summed E-state index contributed by atoms with van der Waals surface area (Å²) < 4.78 is 5.66. The van der Waals surface area contributed by atoms with Gasteiger partial charge in [-0.05, 0) is 74.8 Å². The van der Waals surface area contributed by atoms with Crippen molar-refractivity contribution in [2.75, 3.05) is 13.7 Å². The van der Waals surface area contributed by atoms with Crippen LogP contribution in [0.3, 0.4) is 0 Å². The number of ether oxygens (including phenoxy) is 1. The van der Waals surface area contributed by atoms with E-state index in [2.05, 4.69) is 18.3 Å². The van der Waals surface area contributed by atoms with Crippen LogP contribution in [0.1, 0.15) is 54.0 Å². The Labute approximate surface area is 110 Å². The van der Waals surface area contributed by atoms with E-state index in [1.807, 2.05) is 7.11 Å². The summed E-state index contributed by atoms with van der Waals surface area (Å²) in [6.07, 6.45) is 7.68. The molecule has 1 fully saturated rings. The molecule has 1 N–H and O–H groups in total. The van der Waals surface area contributed by atoms with Crippen LogP contribution in [-0.4, -0.2) is 13.7 Å². The summed E-state index contributed by atoms with van der Waals surface area (Å²) >= 11 is 0. The van der Waals surface area contributed by atoms with Gasteiger partial charge in [0.2, 0.25) is 0 Å². The molecule has 1 atom stereocenters. The quantitative estimate of drug-likeness (QED) is 0.863. The summed E-state index contributed by atoms with van der Waals surface area (Å²) in [7, 11) is 1.81. The van der Waals surface area contributed by atoms with E-state index in [4.69, 9.17) is 4.74 Å². The van der Waals surface area contributed by atoms with Gasteiger partial charge in [-0.3, -0.25) is 0 Å². The van der Waals surface area contributed by atoms with Crippen LogP contribution in [0.25, 0.3) is 0 Å². The predicted molar refractivity (Wildman–Crippen MR) is 74.4 cm³/mol. The fourth-order valence-electron chi connectivity index (χ4n) is 3.63. The highest BCUT2D eigenvalue weighted by Gasteiger charge is 2.25. The molecule has 0 bridgehead atoms. The second kappa shape index (κ2) is 4.93. The van der Waals surface area contributed by atoms with Crippen molar-refractivity contribution in [3.8, 4) is 5.75 Å². The Hall–Kier alpha value is -1.02. The maximum atomic E-state index is 5.66. The van der Waals surface area contributed by atoms with Gasteiger partial charge < -0.3 is 10.1 Å². The van der Waals surface area contributed by atoms with Gasteiger partial charge in [0.25, 0.3) is 0 Å². The van der Waals surface area contributed by atoms with E-state index in [1.165, 1.54) is 55.2 Å². The Morgan fingerprint density at radius 3 is 2.78 bits per heavy atom. The molecule has 1 aliphatic heterocycles. The first-order chi connectivity index (χ1) is 8.81. The van der Waals surface area contributed by atoms with E-state index in [-0.39, 0.29) is 0 Å². The zero-order valence-electron chi connectivity index (χ0n) is 11.5. The largest absolute Gasteiger partial charge is 0.496 e. The minimum atomic E-state index is 0.507. The van der Waals surface area contributed by atoms with Crippen molar-refractivity contribution >= 4 is 0 Å². The molecule has 0 aromatic heterocycles. The summed E-state index contributed by atoms with van der Waals surface area (Å²) in [4.78, 5) is 0. The monoisotopic (exact) mass is 245 g/mol. The fourth-order valence-corrected chi connectivity index (χ4v) is 3.63. The molecule has 2 aliphatic rings. The Morgan fingerprint density at radius 1 is 1.22 bits per heavy atom. The molecular formula is C16H23NO. The van der Waals surface area contributed by atoms with Gasteiger partial charge in [0.1, 0.15) is 5.75 Å². The molecular weight excluding hydrogens is 222 g/mol. The van der Waals surface area contributed by atoms with Crippen LogP contribution in [-0.2, 0) is 12.8 Å². The molecule has 0 radical (unpaired) electrons. The molecule has 2 nitrogen and oxygen atoms in total. The molecule has 0 spiro atoms. The molecule has 0 amide bonds. The zero-order chi connectivity index (χ0) is 12.5. The van der Waals surface area contributed by atoms with Crippen molar-refractivity contribution < 1.29 is 4.74 Å². The lowest BCUT2D eigenvalue weighted by atomic mass is 9.84.